The summed E-state index contributed by atoms with van der Waals surface area (Å²) in [6.07, 6.45) is 5.72. The van der Waals surface area contributed by atoms with Gasteiger partial charge in [-0.15, -0.1) is 0 Å². The van der Waals surface area contributed by atoms with Gasteiger partial charge < -0.3 is 14.6 Å². The van der Waals surface area contributed by atoms with E-state index in [0.717, 1.165) is 19.4 Å². The number of rotatable bonds is 4. The standard InChI is InChI=1S/C11H17N3O2/c1-2-14-6-5-12-10(11(14)15)13-8-9-4-3-7-16-9/h5-6,9H,2-4,7-8H2,1H3,(H,12,13)/t9-/m0/s1. The lowest BCUT2D eigenvalue weighted by Gasteiger charge is -2.11. The first kappa shape index (κ1) is 11.1. The Balaban J connectivity index is 2.00. The summed E-state index contributed by atoms with van der Waals surface area (Å²) in [5.74, 6) is 0.417. The quantitative estimate of drug-likeness (QED) is 0.822. The van der Waals surface area contributed by atoms with Gasteiger partial charge in [0.2, 0.25) is 0 Å². The summed E-state index contributed by atoms with van der Waals surface area (Å²) in [6.45, 7) is 4.09. The van der Waals surface area contributed by atoms with Crippen molar-refractivity contribution in [3.05, 3.63) is 22.7 Å². The minimum Gasteiger partial charge on any atom is -0.376 e. The fourth-order valence-corrected chi connectivity index (χ4v) is 1.83. The number of nitrogens with zero attached hydrogens (tertiary/aromatic N) is 2. The van der Waals surface area contributed by atoms with Crippen LogP contribution in [-0.2, 0) is 11.3 Å². The van der Waals surface area contributed by atoms with Gasteiger partial charge in [0.25, 0.3) is 5.56 Å². The van der Waals surface area contributed by atoms with Crippen LogP contribution in [0, 0.1) is 0 Å². The smallest absolute Gasteiger partial charge is 0.293 e. The molecule has 1 aliphatic heterocycles. The van der Waals surface area contributed by atoms with Crippen LogP contribution in [0.25, 0.3) is 0 Å². The molecule has 16 heavy (non-hydrogen) atoms. The van der Waals surface area contributed by atoms with E-state index in [4.69, 9.17) is 4.74 Å². The Labute approximate surface area is 94.5 Å². The summed E-state index contributed by atoms with van der Waals surface area (Å²) in [4.78, 5) is 15.8. The van der Waals surface area contributed by atoms with Gasteiger partial charge in [-0.05, 0) is 19.8 Å². The van der Waals surface area contributed by atoms with Crippen LogP contribution in [0.2, 0.25) is 0 Å². The van der Waals surface area contributed by atoms with Crippen molar-refractivity contribution in [2.75, 3.05) is 18.5 Å². The van der Waals surface area contributed by atoms with Crippen molar-refractivity contribution in [2.45, 2.75) is 32.4 Å². The molecule has 0 aliphatic carbocycles. The second kappa shape index (κ2) is 5.12. The van der Waals surface area contributed by atoms with E-state index in [-0.39, 0.29) is 11.7 Å². The van der Waals surface area contributed by atoms with E-state index < -0.39 is 0 Å². The highest BCUT2D eigenvalue weighted by Gasteiger charge is 2.15. The molecule has 5 nitrogen and oxygen atoms in total. The van der Waals surface area contributed by atoms with E-state index in [2.05, 4.69) is 10.3 Å². The first-order chi connectivity index (χ1) is 7.81. The van der Waals surface area contributed by atoms with Crippen molar-refractivity contribution in [3.63, 3.8) is 0 Å². The number of aryl methyl sites for hydroxylation is 1. The lowest BCUT2D eigenvalue weighted by Crippen LogP contribution is -2.27. The average Bonchev–Trinajstić information content (AvgIpc) is 2.81. The molecule has 1 N–H and O–H groups in total. The molecule has 1 aromatic rings. The highest BCUT2D eigenvalue weighted by atomic mass is 16.5. The van der Waals surface area contributed by atoms with E-state index in [1.165, 1.54) is 0 Å². The molecule has 2 heterocycles. The van der Waals surface area contributed by atoms with Crippen LogP contribution in [0.4, 0.5) is 5.82 Å². The van der Waals surface area contributed by atoms with E-state index in [1.54, 1.807) is 17.0 Å². The largest absolute Gasteiger partial charge is 0.376 e. The third-order valence-corrected chi connectivity index (χ3v) is 2.78. The van der Waals surface area contributed by atoms with Gasteiger partial charge in [-0.2, -0.15) is 0 Å². The summed E-state index contributed by atoms with van der Waals surface area (Å²) >= 11 is 0. The summed E-state index contributed by atoms with van der Waals surface area (Å²) in [7, 11) is 0. The van der Waals surface area contributed by atoms with Crippen LogP contribution >= 0.6 is 0 Å². The zero-order valence-corrected chi connectivity index (χ0v) is 9.48. The molecule has 1 atom stereocenters. The Morgan fingerprint density at radius 3 is 3.25 bits per heavy atom. The van der Waals surface area contributed by atoms with Crippen molar-refractivity contribution in [1.29, 1.82) is 0 Å². The number of hydrogen-bond acceptors (Lipinski definition) is 4. The molecule has 0 saturated carbocycles. The Kier molecular flexibility index (Phi) is 3.56. The monoisotopic (exact) mass is 223 g/mol. The van der Waals surface area contributed by atoms with Gasteiger partial charge in [-0.1, -0.05) is 0 Å². The number of aromatic nitrogens is 2. The van der Waals surface area contributed by atoms with Gasteiger partial charge in [-0.25, -0.2) is 4.98 Å². The van der Waals surface area contributed by atoms with E-state index in [0.29, 0.717) is 18.9 Å². The van der Waals surface area contributed by atoms with Crippen molar-refractivity contribution < 1.29 is 4.74 Å². The van der Waals surface area contributed by atoms with Crippen LogP contribution in [-0.4, -0.2) is 28.8 Å². The Morgan fingerprint density at radius 1 is 1.69 bits per heavy atom. The molecule has 0 aromatic carbocycles. The predicted molar refractivity (Wildman–Crippen MR) is 61.6 cm³/mol. The summed E-state index contributed by atoms with van der Waals surface area (Å²) in [6, 6.07) is 0. The minimum atomic E-state index is -0.0667. The Hall–Kier alpha value is -1.36. The maximum Gasteiger partial charge on any atom is 0.293 e. The first-order valence-electron chi connectivity index (χ1n) is 5.72. The maximum absolute atomic E-state index is 11.8. The molecule has 0 amide bonds. The number of anilines is 1. The first-order valence-corrected chi connectivity index (χ1v) is 5.72. The summed E-state index contributed by atoms with van der Waals surface area (Å²) in [5.41, 5.74) is -0.0667. The van der Waals surface area contributed by atoms with Gasteiger partial charge in [-0.3, -0.25) is 4.79 Å². The molecule has 1 aliphatic rings. The van der Waals surface area contributed by atoms with Gasteiger partial charge in [0.05, 0.1) is 6.10 Å². The van der Waals surface area contributed by atoms with Gasteiger partial charge in [0.1, 0.15) is 0 Å². The molecule has 2 rings (SSSR count). The van der Waals surface area contributed by atoms with E-state index in [9.17, 15) is 4.79 Å². The lowest BCUT2D eigenvalue weighted by molar-refractivity contribution is 0.120. The second-order valence-corrected chi connectivity index (χ2v) is 3.88. The average molecular weight is 223 g/mol. The van der Waals surface area contributed by atoms with Gasteiger partial charge in [0.15, 0.2) is 5.82 Å². The van der Waals surface area contributed by atoms with Crippen LogP contribution in [0.15, 0.2) is 17.2 Å². The van der Waals surface area contributed by atoms with Crippen molar-refractivity contribution in [1.82, 2.24) is 9.55 Å². The fourth-order valence-electron chi connectivity index (χ4n) is 1.83. The zero-order chi connectivity index (χ0) is 11.4. The number of hydrogen-bond donors (Lipinski definition) is 1. The normalized spacial score (nSPS) is 19.9. The predicted octanol–water partition coefficient (Wildman–Crippen LogP) is 0.854. The topological polar surface area (TPSA) is 56.1 Å². The molecular weight excluding hydrogens is 206 g/mol. The highest BCUT2D eigenvalue weighted by molar-refractivity contribution is 5.30. The lowest BCUT2D eigenvalue weighted by atomic mass is 10.2. The Bertz CT molecular complexity index is 396. The van der Waals surface area contributed by atoms with Gasteiger partial charge >= 0.3 is 0 Å². The molecule has 1 saturated heterocycles. The van der Waals surface area contributed by atoms with E-state index in [1.807, 2.05) is 6.92 Å². The number of nitrogens with one attached hydrogen (secondary N) is 1. The summed E-state index contributed by atoms with van der Waals surface area (Å²) < 4.78 is 7.10. The molecule has 0 bridgehead atoms. The highest BCUT2D eigenvalue weighted by Crippen LogP contribution is 2.11. The van der Waals surface area contributed by atoms with E-state index >= 15 is 0 Å². The minimum absolute atomic E-state index is 0.0667. The van der Waals surface area contributed by atoms with Crippen LogP contribution in [0.1, 0.15) is 19.8 Å². The maximum atomic E-state index is 11.8. The Morgan fingerprint density at radius 2 is 2.56 bits per heavy atom. The van der Waals surface area contributed by atoms with Crippen LogP contribution < -0.4 is 10.9 Å². The summed E-state index contributed by atoms with van der Waals surface area (Å²) in [5, 5.41) is 3.06. The molecule has 0 unspecified atom stereocenters. The molecule has 5 heteroatoms. The van der Waals surface area contributed by atoms with Crippen molar-refractivity contribution >= 4 is 5.82 Å². The van der Waals surface area contributed by atoms with Crippen LogP contribution in [0.5, 0.6) is 0 Å². The molecule has 88 valence electrons. The fraction of sp³-hybridized carbons (Fsp3) is 0.636. The van der Waals surface area contributed by atoms with Crippen molar-refractivity contribution in [3.8, 4) is 0 Å². The molecule has 1 fully saturated rings. The number of ether oxygens (including phenoxy) is 1. The third kappa shape index (κ3) is 2.41. The SMILES string of the molecule is CCn1ccnc(NC[C@@H]2CCCO2)c1=O. The molecule has 0 radical (unpaired) electrons. The second-order valence-electron chi connectivity index (χ2n) is 3.88. The van der Waals surface area contributed by atoms with Crippen LogP contribution in [0.3, 0.4) is 0 Å². The zero-order valence-electron chi connectivity index (χ0n) is 9.48. The third-order valence-electron chi connectivity index (χ3n) is 2.78. The molecule has 0 spiro atoms. The molecule has 1 aromatic heterocycles. The van der Waals surface area contributed by atoms with Gasteiger partial charge in [0, 0.05) is 32.1 Å². The van der Waals surface area contributed by atoms with Crippen molar-refractivity contribution in [2.24, 2.45) is 0 Å². The molecular formula is C11H17N3O2.